The molecule has 118 valence electrons. The number of carbonyl (C=O) groups excluding carboxylic acids is 1. The number of hydrogen-bond acceptors (Lipinski definition) is 5. The van der Waals surface area contributed by atoms with Crippen molar-refractivity contribution >= 4 is 17.6 Å². The summed E-state index contributed by atoms with van der Waals surface area (Å²) >= 11 is 0. The first kappa shape index (κ1) is 15.7. The SMILES string of the molecule is COc1cc(C(=O)N2CCCCC2C(=O)O)ccc1[N+](=O)[O-]. The zero-order valence-corrected chi connectivity index (χ0v) is 12.0. The molecule has 1 aromatic carbocycles. The molecule has 22 heavy (non-hydrogen) atoms. The maximum absolute atomic E-state index is 12.5. The number of piperidine rings is 1. The van der Waals surface area contributed by atoms with Gasteiger partial charge in [-0.05, 0) is 25.3 Å². The summed E-state index contributed by atoms with van der Waals surface area (Å²) in [5.41, 5.74) is -0.0666. The molecule has 8 nitrogen and oxygen atoms in total. The molecular weight excluding hydrogens is 292 g/mol. The van der Waals surface area contributed by atoms with Gasteiger partial charge in [0, 0.05) is 24.2 Å². The van der Waals surface area contributed by atoms with E-state index in [-0.39, 0.29) is 17.0 Å². The Balaban J connectivity index is 2.32. The molecule has 1 aromatic rings. The van der Waals surface area contributed by atoms with Gasteiger partial charge in [0.1, 0.15) is 6.04 Å². The van der Waals surface area contributed by atoms with E-state index >= 15 is 0 Å². The lowest BCUT2D eigenvalue weighted by molar-refractivity contribution is -0.385. The number of likely N-dealkylation sites (tertiary alicyclic amines) is 1. The number of carboxylic acid groups (broad SMARTS) is 1. The molecule has 1 heterocycles. The molecular formula is C14H16N2O6. The number of aliphatic carboxylic acids is 1. The molecule has 8 heteroatoms. The smallest absolute Gasteiger partial charge is 0.326 e. The highest BCUT2D eigenvalue weighted by molar-refractivity contribution is 5.97. The number of nitrogens with zero attached hydrogens (tertiary/aromatic N) is 2. The van der Waals surface area contributed by atoms with Gasteiger partial charge in [0.2, 0.25) is 0 Å². The van der Waals surface area contributed by atoms with E-state index in [4.69, 9.17) is 4.74 Å². The Morgan fingerprint density at radius 2 is 2.14 bits per heavy atom. The molecule has 1 N–H and O–H groups in total. The van der Waals surface area contributed by atoms with E-state index in [2.05, 4.69) is 0 Å². The van der Waals surface area contributed by atoms with Gasteiger partial charge in [-0.3, -0.25) is 14.9 Å². The molecule has 1 atom stereocenters. The third kappa shape index (κ3) is 3.00. The Hall–Kier alpha value is -2.64. The van der Waals surface area contributed by atoms with Crippen molar-refractivity contribution in [1.82, 2.24) is 4.90 Å². The van der Waals surface area contributed by atoms with Gasteiger partial charge in [-0.25, -0.2) is 4.79 Å². The zero-order chi connectivity index (χ0) is 16.3. The molecule has 1 saturated heterocycles. The maximum atomic E-state index is 12.5. The van der Waals surface area contributed by atoms with E-state index in [9.17, 15) is 24.8 Å². The van der Waals surface area contributed by atoms with E-state index in [0.717, 1.165) is 12.8 Å². The summed E-state index contributed by atoms with van der Waals surface area (Å²) in [7, 11) is 1.28. The highest BCUT2D eigenvalue weighted by atomic mass is 16.6. The lowest BCUT2D eigenvalue weighted by Gasteiger charge is -2.33. The number of nitro groups is 1. The molecule has 1 fully saturated rings. The van der Waals surface area contributed by atoms with Crippen LogP contribution in [0.3, 0.4) is 0 Å². The van der Waals surface area contributed by atoms with Gasteiger partial charge in [-0.1, -0.05) is 0 Å². The highest BCUT2D eigenvalue weighted by Gasteiger charge is 2.33. The molecule has 1 amide bonds. The van der Waals surface area contributed by atoms with Crippen LogP contribution in [0, 0.1) is 10.1 Å². The zero-order valence-electron chi connectivity index (χ0n) is 12.0. The number of hydrogen-bond donors (Lipinski definition) is 1. The van der Waals surface area contributed by atoms with E-state index in [0.29, 0.717) is 13.0 Å². The van der Waals surface area contributed by atoms with E-state index < -0.39 is 22.8 Å². The molecule has 0 bridgehead atoms. The summed E-state index contributed by atoms with van der Waals surface area (Å²) in [6.07, 6.45) is 1.90. The average Bonchev–Trinajstić information content (AvgIpc) is 2.53. The monoisotopic (exact) mass is 308 g/mol. The Kier molecular flexibility index (Phi) is 4.59. The minimum Gasteiger partial charge on any atom is -0.490 e. The fraction of sp³-hybridized carbons (Fsp3) is 0.429. The van der Waals surface area contributed by atoms with Gasteiger partial charge in [-0.15, -0.1) is 0 Å². The molecule has 0 saturated carbocycles. The fourth-order valence-corrected chi connectivity index (χ4v) is 2.56. The number of rotatable bonds is 4. The van der Waals surface area contributed by atoms with Crippen molar-refractivity contribution in [2.24, 2.45) is 0 Å². The van der Waals surface area contributed by atoms with Gasteiger partial charge < -0.3 is 14.7 Å². The third-order valence-electron chi connectivity index (χ3n) is 3.67. The average molecular weight is 308 g/mol. The largest absolute Gasteiger partial charge is 0.490 e. The molecule has 0 aromatic heterocycles. The van der Waals surface area contributed by atoms with Crippen molar-refractivity contribution in [2.75, 3.05) is 13.7 Å². The number of methoxy groups -OCH3 is 1. The maximum Gasteiger partial charge on any atom is 0.326 e. The Morgan fingerprint density at radius 3 is 2.73 bits per heavy atom. The van der Waals surface area contributed by atoms with Crippen LogP contribution in [-0.4, -0.2) is 46.5 Å². The first-order valence-corrected chi connectivity index (χ1v) is 6.82. The first-order chi connectivity index (χ1) is 10.5. The number of amides is 1. The quantitative estimate of drug-likeness (QED) is 0.669. The van der Waals surface area contributed by atoms with Crippen LogP contribution in [0.5, 0.6) is 5.75 Å². The molecule has 1 unspecified atom stereocenters. The third-order valence-corrected chi connectivity index (χ3v) is 3.67. The molecule has 0 aliphatic carbocycles. The Morgan fingerprint density at radius 1 is 1.41 bits per heavy atom. The summed E-state index contributed by atoms with van der Waals surface area (Å²) in [5, 5.41) is 20.1. The van der Waals surface area contributed by atoms with E-state index in [1.54, 1.807) is 0 Å². The van der Waals surface area contributed by atoms with Crippen LogP contribution in [0.4, 0.5) is 5.69 Å². The number of carboxylic acids is 1. The second-order valence-corrected chi connectivity index (χ2v) is 4.99. The second kappa shape index (κ2) is 6.42. The van der Waals surface area contributed by atoms with Gasteiger partial charge in [0.05, 0.1) is 12.0 Å². The first-order valence-electron chi connectivity index (χ1n) is 6.82. The van der Waals surface area contributed by atoms with Crippen LogP contribution >= 0.6 is 0 Å². The summed E-state index contributed by atoms with van der Waals surface area (Å²) in [4.78, 5) is 35.3. The van der Waals surface area contributed by atoms with Gasteiger partial charge in [0.15, 0.2) is 5.75 Å². The van der Waals surface area contributed by atoms with Crippen molar-refractivity contribution in [3.8, 4) is 5.75 Å². The molecule has 0 radical (unpaired) electrons. The van der Waals surface area contributed by atoms with Gasteiger partial charge in [0.25, 0.3) is 5.91 Å². The van der Waals surface area contributed by atoms with Crippen LogP contribution < -0.4 is 4.74 Å². The van der Waals surface area contributed by atoms with Gasteiger partial charge >= 0.3 is 11.7 Å². The van der Waals surface area contributed by atoms with Crippen molar-refractivity contribution in [3.05, 3.63) is 33.9 Å². The van der Waals surface area contributed by atoms with Crippen LogP contribution in [0.2, 0.25) is 0 Å². The topological polar surface area (TPSA) is 110 Å². The van der Waals surface area contributed by atoms with Crippen LogP contribution in [0.15, 0.2) is 18.2 Å². The summed E-state index contributed by atoms with van der Waals surface area (Å²) in [6.45, 7) is 0.356. The molecule has 1 aliphatic rings. The van der Waals surface area contributed by atoms with Crippen molar-refractivity contribution < 1.29 is 24.4 Å². The molecule has 2 rings (SSSR count). The van der Waals surface area contributed by atoms with Crippen molar-refractivity contribution in [3.63, 3.8) is 0 Å². The lowest BCUT2D eigenvalue weighted by Crippen LogP contribution is -2.47. The second-order valence-electron chi connectivity index (χ2n) is 4.99. The van der Waals surface area contributed by atoms with E-state index in [1.165, 1.54) is 30.2 Å². The number of ether oxygens (including phenoxy) is 1. The molecule has 1 aliphatic heterocycles. The standard InChI is InChI=1S/C14H16N2O6/c1-22-12-8-9(5-6-10(12)16(20)21)13(17)15-7-3-2-4-11(15)14(18)19/h5-6,8,11H,2-4,7H2,1H3,(H,18,19). The van der Waals surface area contributed by atoms with Crippen LogP contribution in [-0.2, 0) is 4.79 Å². The van der Waals surface area contributed by atoms with Gasteiger partial charge in [-0.2, -0.15) is 0 Å². The normalized spacial score (nSPS) is 17.9. The Labute approximate surface area is 126 Å². The van der Waals surface area contributed by atoms with Crippen LogP contribution in [0.1, 0.15) is 29.6 Å². The predicted octanol–water partition coefficient (Wildman–Crippen LogP) is 1.68. The summed E-state index contributed by atoms with van der Waals surface area (Å²) in [6, 6.07) is 2.92. The highest BCUT2D eigenvalue weighted by Crippen LogP contribution is 2.29. The summed E-state index contributed by atoms with van der Waals surface area (Å²) in [5.74, 6) is -1.53. The van der Waals surface area contributed by atoms with Crippen LogP contribution in [0.25, 0.3) is 0 Å². The number of carbonyl (C=O) groups is 2. The van der Waals surface area contributed by atoms with Crippen molar-refractivity contribution in [1.29, 1.82) is 0 Å². The Bertz CT molecular complexity index is 615. The van der Waals surface area contributed by atoms with E-state index in [1.807, 2.05) is 0 Å². The minimum atomic E-state index is -1.04. The summed E-state index contributed by atoms with van der Waals surface area (Å²) < 4.78 is 4.93. The number of benzene rings is 1. The lowest BCUT2D eigenvalue weighted by atomic mass is 10.0. The van der Waals surface area contributed by atoms with Crippen molar-refractivity contribution in [2.45, 2.75) is 25.3 Å². The fourth-order valence-electron chi connectivity index (χ4n) is 2.56. The molecule has 0 spiro atoms. The minimum absolute atomic E-state index is 0.0280. The predicted molar refractivity (Wildman–Crippen MR) is 76.0 cm³/mol. The number of nitro benzene ring substituents is 1.